The number of carbonyl (C=O) groups is 2. The fourth-order valence-electron chi connectivity index (χ4n) is 2.76. The molecule has 0 atom stereocenters. The van der Waals surface area contributed by atoms with Crippen molar-refractivity contribution in [2.75, 3.05) is 5.73 Å². The van der Waals surface area contributed by atoms with Crippen LogP contribution in [0.1, 0.15) is 35.9 Å². The van der Waals surface area contributed by atoms with E-state index in [1.54, 1.807) is 0 Å². The summed E-state index contributed by atoms with van der Waals surface area (Å²) in [4.78, 5) is 23.8. The zero-order chi connectivity index (χ0) is 20.7. The summed E-state index contributed by atoms with van der Waals surface area (Å²) < 4.78 is 0. The molecule has 1 aromatic heterocycles. The van der Waals surface area contributed by atoms with Crippen molar-refractivity contribution in [3.05, 3.63) is 70.0 Å². The maximum atomic E-state index is 9.55. The number of carboxylic acid groups (broad SMARTS) is 2. The van der Waals surface area contributed by atoms with Crippen LogP contribution in [-0.2, 0) is 22.4 Å². The number of allylic oxidation sites excluding steroid dienone is 1. The Morgan fingerprint density at radius 1 is 1.14 bits per heavy atom. The number of aliphatic carboxylic acids is 2. The van der Waals surface area contributed by atoms with Crippen LogP contribution >= 0.6 is 11.6 Å². The summed E-state index contributed by atoms with van der Waals surface area (Å²) in [5.74, 6) is -2.51. The zero-order valence-corrected chi connectivity index (χ0v) is 16.1. The van der Waals surface area contributed by atoms with Crippen molar-refractivity contribution in [2.24, 2.45) is 0 Å². The number of aromatic nitrogens is 1. The first-order valence-corrected chi connectivity index (χ1v) is 9.06. The highest BCUT2D eigenvalue weighted by Gasteiger charge is 2.14. The van der Waals surface area contributed by atoms with Crippen LogP contribution < -0.4 is 5.73 Å². The second-order valence-electron chi connectivity index (χ2n) is 6.15. The van der Waals surface area contributed by atoms with Crippen LogP contribution in [0.2, 0.25) is 5.02 Å². The van der Waals surface area contributed by atoms with Gasteiger partial charge in [0.05, 0.1) is 5.69 Å². The van der Waals surface area contributed by atoms with Gasteiger partial charge in [-0.3, -0.25) is 4.98 Å². The fourth-order valence-corrected chi connectivity index (χ4v) is 2.94. The first kappa shape index (κ1) is 21.2. The monoisotopic (exact) mass is 400 g/mol. The normalized spacial score (nSPS) is 12.6. The largest absolute Gasteiger partial charge is 0.478 e. The number of nitrogens with zero attached hydrogens (tertiary/aromatic N) is 1. The predicted octanol–water partition coefficient (Wildman–Crippen LogP) is 4.08. The zero-order valence-electron chi connectivity index (χ0n) is 15.4. The minimum atomic E-state index is -1.26. The van der Waals surface area contributed by atoms with Crippen LogP contribution in [0.15, 0.2) is 42.5 Å². The molecule has 7 heteroatoms. The summed E-state index contributed by atoms with van der Waals surface area (Å²) in [5, 5.41) is 16.4. The molecule has 0 bridgehead atoms. The number of benzene rings is 1. The lowest BCUT2D eigenvalue weighted by molar-refractivity contribution is -0.134. The number of nitrogen functional groups attached to an aromatic ring is 1. The van der Waals surface area contributed by atoms with E-state index in [0.29, 0.717) is 12.2 Å². The number of hydrogen-bond donors (Lipinski definition) is 3. The lowest BCUT2D eigenvalue weighted by Gasteiger charge is -2.17. The third-order valence-electron chi connectivity index (χ3n) is 4.06. The van der Waals surface area contributed by atoms with Gasteiger partial charge in [0.25, 0.3) is 0 Å². The quantitative estimate of drug-likeness (QED) is 0.666. The Kier molecular flexibility index (Phi) is 7.35. The van der Waals surface area contributed by atoms with Gasteiger partial charge in [-0.15, -0.1) is 0 Å². The van der Waals surface area contributed by atoms with Crippen LogP contribution in [0, 0.1) is 0 Å². The van der Waals surface area contributed by atoms with E-state index < -0.39 is 11.9 Å². The number of anilines is 1. The van der Waals surface area contributed by atoms with Gasteiger partial charge in [0.2, 0.25) is 0 Å². The standard InChI is InChI=1S/C17H17ClN2.C4H4O4/c1-2-16-9-15(19)10-17(20-16)12-4-3-11-5-6-14(18)8-13(11)7-12;5-3(6)1-2-4(7)8/h5-10H,2-4H2,1H3,(H2,19,20);1-2H,(H,5,6)(H,7,8)/b;2-1+. The summed E-state index contributed by atoms with van der Waals surface area (Å²) in [6, 6.07) is 9.98. The molecular weight excluding hydrogens is 380 g/mol. The number of rotatable bonds is 4. The van der Waals surface area contributed by atoms with Crippen molar-refractivity contribution >= 4 is 40.9 Å². The third-order valence-corrected chi connectivity index (χ3v) is 4.30. The van der Waals surface area contributed by atoms with Crippen LogP contribution in [0.25, 0.3) is 11.6 Å². The van der Waals surface area contributed by atoms with Crippen molar-refractivity contribution in [1.82, 2.24) is 4.98 Å². The van der Waals surface area contributed by atoms with Gasteiger partial charge in [-0.2, -0.15) is 0 Å². The Labute approximate surface area is 168 Å². The topological polar surface area (TPSA) is 114 Å². The molecule has 0 unspecified atom stereocenters. The lowest BCUT2D eigenvalue weighted by atomic mass is 9.90. The predicted molar refractivity (Wildman–Crippen MR) is 110 cm³/mol. The Hall–Kier alpha value is -3.12. The number of halogens is 1. The second-order valence-corrected chi connectivity index (χ2v) is 6.59. The summed E-state index contributed by atoms with van der Waals surface area (Å²) in [7, 11) is 0. The molecule has 1 aliphatic carbocycles. The first-order chi connectivity index (χ1) is 13.3. The maximum Gasteiger partial charge on any atom is 0.328 e. The summed E-state index contributed by atoms with van der Waals surface area (Å²) in [6.45, 7) is 2.09. The van der Waals surface area contributed by atoms with Gasteiger partial charge in [-0.25, -0.2) is 9.59 Å². The number of pyridine rings is 1. The van der Waals surface area contributed by atoms with Gasteiger partial charge in [0.1, 0.15) is 0 Å². The molecule has 0 fully saturated rings. The van der Waals surface area contributed by atoms with E-state index in [0.717, 1.165) is 41.4 Å². The minimum Gasteiger partial charge on any atom is -0.478 e. The van der Waals surface area contributed by atoms with Gasteiger partial charge in [0.15, 0.2) is 0 Å². The van der Waals surface area contributed by atoms with E-state index in [9.17, 15) is 9.59 Å². The number of nitrogens with two attached hydrogens (primary N) is 1. The number of aryl methyl sites for hydroxylation is 2. The first-order valence-electron chi connectivity index (χ1n) is 8.68. The number of carboxylic acids is 2. The fraction of sp³-hybridized carbons (Fsp3) is 0.190. The molecule has 28 heavy (non-hydrogen) atoms. The molecule has 1 heterocycles. The molecule has 1 aliphatic rings. The Balaban J connectivity index is 0.000000300. The molecule has 0 amide bonds. The Morgan fingerprint density at radius 2 is 1.82 bits per heavy atom. The minimum absolute atomic E-state index is 0.558. The summed E-state index contributed by atoms with van der Waals surface area (Å²) in [6.07, 6.45) is 6.22. The molecule has 2 aromatic rings. The van der Waals surface area contributed by atoms with E-state index in [4.69, 9.17) is 27.5 Å². The average molecular weight is 401 g/mol. The highest BCUT2D eigenvalue weighted by atomic mass is 35.5. The molecule has 0 spiro atoms. The number of hydrogen-bond acceptors (Lipinski definition) is 4. The van der Waals surface area contributed by atoms with Crippen molar-refractivity contribution in [1.29, 1.82) is 0 Å². The van der Waals surface area contributed by atoms with Crippen molar-refractivity contribution in [3.63, 3.8) is 0 Å². The average Bonchev–Trinajstić information content (AvgIpc) is 2.65. The van der Waals surface area contributed by atoms with Crippen LogP contribution in [0.5, 0.6) is 0 Å². The molecule has 146 valence electrons. The highest BCUT2D eigenvalue weighted by molar-refractivity contribution is 6.30. The van der Waals surface area contributed by atoms with E-state index in [2.05, 4.69) is 24.1 Å². The van der Waals surface area contributed by atoms with Gasteiger partial charge < -0.3 is 15.9 Å². The van der Waals surface area contributed by atoms with Crippen molar-refractivity contribution in [2.45, 2.75) is 26.2 Å². The van der Waals surface area contributed by atoms with Crippen LogP contribution in [-0.4, -0.2) is 27.1 Å². The van der Waals surface area contributed by atoms with Gasteiger partial charge in [0, 0.05) is 28.6 Å². The molecule has 0 aliphatic heterocycles. The second kappa shape index (κ2) is 9.71. The Bertz CT molecular complexity index is 935. The summed E-state index contributed by atoms with van der Waals surface area (Å²) in [5.41, 5.74) is 12.6. The molecule has 0 saturated carbocycles. The van der Waals surface area contributed by atoms with Gasteiger partial charge >= 0.3 is 11.9 Å². The summed E-state index contributed by atoms with van der Waals surface area (Å²) >= 11 is 6.08. The van der Waals surface area contributed by atoms with E-state index in [1.807, 2.05) is 24.3 Å². The molecule has 0 radical (unpaired) electrons. The van der Waals surface area contributed by atoms with Crippen LogP contribution in [0.3, 0.4) is 0 Å². The van der Waals surface area contributed by atoms with Gasteiger partial charge in [-0.05, 0) is 66.3 Å². The van der Waals surface area contributed by atoms with Crippen molar-refractivity contribution < 1.29 is 19.8 Å². The van der Waals surface area contributed by atoms with E-state index >= 15 is 0 Å². The smallest absolute Gasteiger partial charge is 0.328 e. The maximum absolute atomic E-state index is 9.55. The lowest BCUT2D eigenvalue weighted by Crippen LogP contribution is -2.03. The van der Waals surface area contributed by atoms with Crippen LogP contribution in [0.4, 0.5) is 5.69 Å². The molecule has 0 saturated heterocycles. The molecule has 4 N–H and O–H groups in total. The molecule has 3 rings (SSSR count). The molecule has 6 nitrogen and oxygen atoms in total. The highest BCUT2D eigenvalue weighted by Crippen LogP contribution is 2.31. The Morgan fingerprint density at radius 3 is 2.43 bits per heavy atom. The van der Waals surface area contributed by atoms with Gasteiger partial charge in [-0.1, -0.05) is 24.6 Å². The van der Waals surface area contributed by atoms with E-state index in [-0.39, 0.29) is 0 Å². The molecule has 1 aromatic carbocycles. The van der Waals surface area contributed by atoms with E-state index in [1.165, 1.54) is 16.7 Å². The number of fused-ring (bicyclic) bond motifs is 1. The van der Waals surface area contributed by atoms with Crippen molar-refractivity contribution in [3.8, 4) is 0 Å². The molecular formula is C21H21ClN2O4. The SMILES string of the molecule is CCc1cc(N)cc(C2=Cc3cc(Cl)ccc3CC2)n1.O=C(O)/C=C/C(=O)O. The third kappa shape index (κ3) is 6.25.